The van der Waals surface area contributed by atoms with E-state index in [1.165, 1.54) is 24.4 Å². The smallest absolute Gasteiger partial charge is 0.335 e. The Labute approximate surface area is 133 Å². The maximum Gasteiger partial charge on any atom is 0.335 e. The predicted molar refractivity (Wildman–Crippen MR) is 85.0 cm³/mol. The van der Waals surface area contributed by atoms with E-state index in [0.717, 1.165) is 0 Å². The number of ether oxygens (including phenoxy) is 1. The van der Waals surface area contributed by atoms with E-state index in [1.54, 1.807) is 10.9 Å². The van der Waals surface area contributed by atoms with Gasteiger partial charge in [0.05, 0.1) is 29.1 Å². The molecule has 23 heavy (non-hydrogen) atoms. The van der Waals surface area contributed by atoms with E-state index >= 15 is 0 Å². The van der Waals surface area contributed by atoms with Crippen molar-refractivity contribution in [3.05, 3.63) is 41.7 Å². The van der Waals surface area contributed by atoms with Crippen LogP contribution in [0.5, 0.6) is 5.75 Å². The summed E-state index contributed by atoms with van der Waals surface area (Å²) in [6, 6.07) is 4.35. The van der Waals surface area contributed by atoms with Gasteiger partial charge in [0.15, 0.2) is 0 Å². The van der Waals surface area contributed by atoms with Gasteiger partial charge in [-0.2, -0.15) is 5.10 Å². The summed E-state index contributed by atoms with van der Waals surface area (Å²) in [6.07, 6.45) is 2.98. The van der Waals surface area contributed by atoms with Crippen LogP contribution >= 0.6 is 0 Å². The van der Waals surface area contributed by atoms with Gasteiger partial charge in [0.1, 0.15) is 5.75 Å². The molecule has 0 unspecified atom stereocenters. The first-order valence-electron chi connectivity index (χ1n) is 7.28. The lowest BCUT2D eigenvalue weighted by atomic mass is 10.1. The van der Waals surface area contributed by atoms with Crippen LogP contribution in [0.4, 0.5) is 5.69 Å². The normalized spacial score (nSPS) is 10.6. The third-order valence-corrected chi connectivity index (χ3v) is 3.06. The van der Waals surface area contributed by atoms with E-state index in [-0.39, 0.29) is 17.6 Å². The summed E-state index contributed by atoms with van der Waals surface area (Å²) in [7, 11) is 0. The van der Waals surface area contributed by atoms with Gasteiger partial charge in [-0.05, 0) is 39.0 Å². The summed E-state index contributed by atoms with van der Waals surface area (Å²) in [6.45, 7) is 6.27. The van der Waals surface area contributed by atoms with Crippen molar-refractivity contribution in [1.82, 2.24) is 9.78 Å². The van der Waals surface area contributed by atoms with E-state index in [0.29, 0.717) is 23.5 Å². The Kier molecular flexibility index (Phi) is 5.00. The van der Waals surface area contributed by atoms with Crippen LogP contribution in [0.15, 0.2) is 30.6 Å². The summed E-state index contributed by atoms with van der Waals surface area (Å²) in [5.41, 5.74) is 0.775. The van der Waals surface area contributed by atoms with Gasteiger partial charge in [-0.1, -0.05) is 0 Å². The summed E-state index contributed by atoms with van der Waals surface area (Å²) >= 11 is 0. The molecule has 0 bridgehead atoms. The first kappa shape index (κ1) is 16.5. The molecule has 7 nitrogen and oxygen atoms in total. The lowest BCUT2D eigenvalue weighted by Crippen LogP contribution is -2.15. The van der Waals surface area contributed by atoms with Crippen molar-refractivity contribution in [3.63, 3.8) is 0 Å². The minimum absolute atomic E-state index is 0.0701. The number of aromatic nitrogens is 2. The highest BCUT2D eigenvalue weighted by atomic mass is 16.5. The fraction of sp³-hybridized carbons (Fsp3) is 0.312. The minimum Gasteiger partial charge on any atom is -0.489 e. The Balaban J connectivity index is 2.29. The molecular formula is C16H19N3O4. The predicted octanol–water partition coefficient (Wildman–Crippen LogP) is 2.64. The number of anilines is 1. The number of carboxylic acid groups (broad SMARTS) is 1. The number of nitrogens with one attached hydrogen (secondary N) is 1. The molecule has 2 rings (SSSR count). The Morgan fingerprint density at radius 2 is 2.09 bits per heavy atom. The molecule has 1 heterocycles. The largest absolute Gasteiger partial charge is 0.489 e. The minimum atomic E-state index is -1.07. The molecular weight excluding hydrogens is 298 g/mol. The lowest BCUT2D eigenvalue weighted by molar-refractivity contribution is 0.0696. The molecule has 0 aliphatic heterocycles. The Morgan fingerprint density at radius 3 is 2.65 bits per heavy atom. The molecule has 2 N–H and O–H groups in total. The number of aromatic carboxylic acids is 1. The Morgan fingerprint density at radius 1 is 1.35 bits per heavy atom. The fourth-order valence-electron chi connectivity index (χ4n) is 1.97. The van der Waals surface area contributed by atoms with Crippen LogP contribution in [-0.2, 0) is 6.54 Å². The average molecular weight is 317 g/mol. The number of benzene rings is 1. The van der Waals surface area contributed by atoms with Gasteiger partial charge in [0.2, 0.25) is 0 Å². The summed E-state index contributed by atoms with van der Waals surface area (Å²) in [5.74, 6) is -1.03. The van der Waals surface area contributed by atoms with Gasteiger partial charge < -0.3 is 15.2 Å². The lowest BCUT2D eigenvalue weighted by Gasteiger charge is -2.15. The van der Waals surface area contributed by atoms with Crippen LogP contribution in [0.2, 0.25) is 0 Å². The number of carbonyl (C=O) groups is 2. The van der Waals surface area contributed by atoms with Crippen LogP contribution in [0.25, 0.3) is 0 Å². The SMILES string of the molecule is CCn1cc(C(=O)Nc2cc(C(=O)O)ccc2OC(C)C)cn1. The van der Waals surface area contributed by atoms with Crippen LogP contribution in [0, 0.1) is 0 Å². The van der Waals surface area contributed by atoms with Crippen molar-refractivity contribution in [1.29, 1.82) is 0 Å². The maximum atomic E-state index is 12.3. The van der Waals surface area contributed by atoms with E-state index in [4.69, 9.17) is 9.84 Å². The van der Waals surface area contributed by atoms with E-state index in [1.807, 2.05) is 20.8 Å². The number of carboxylic acids is 1. The molecule has 0 aliphatic carbocycles. The summed E-state index contributed by atoms with van der Waals surface area (Å²) in [5, 5.41) is 15.8. The maximum absolute atomic E-state index is 12.3. The van der Waals surface area contributed by atoms with Crippen LogP contribution in [0.1, 0.15) is 41.5 Å². The molecule has 1 amide bonds. The highest BCUT2D eigenvalue weighted by Gasteiger charge is 2.15. The number of amides is 1. The van der Waals surface area contributed by atoms with Gasteiger partial charge in [0.25, 0.3) is 5.91 Å². The van der Waals surface area contributed by atoms with Crippen LogP contribution in [-0.4, -0.2) is 32.9 Å². The second kappa shape index (κ2) is 6.95. The second-order valence-electron chi connectivity index (χ2n) is 5.22. The van der Waals surface area contributed by atoms with Crippen molar-refractivity contribution in [2.24, 2.45) is 0 Å². The van der Waals surface area contributed by atoms with Crippen LogP contribution < -0.4 is 10.1 Å². The molecule has 1 aromatic carbocycles. The van der Waals surface area contributed by atoms with Gasteiger partial charge >= 0.3 is 5.97 Å². The number of carbonyl (C=O) groups excluding carboxylic acids is 1. The third kappa shape index (κ3) is 4.09. The molecule has 0 atom stereocenters. The number of rotatable bonds is 6. The summed E-state index contributed by atoms with van der Waals surface area (Å²) in [4.78, 5) is 23.4. The molecule has 0 fully saturated rings. The standard InChI is InChI=1S/C16H19N3O4/c1-4-19-9-12(8-17-19)15(20)18-13-7-11(16(21)22)5-6-14(13)23-10(2)3/h5-10H,4H2,1-3H3,(H,18,20)(H,21,22). The zero-order valence-corrected chi connectivity index (χ0v) is 13.2. The van der Waals surface area contributed by atoms with Gasteiger partial charge in [-0.25, -0.2) is 4.79 Å². The monoisotopic (exact) mass is 317 g/mol. The number of aryl methyl sites for hydroxylation is 1. The van der Waals surface area contributed by atoms with Crippen molar-refractivity contribution in [2.45, 2.75) is 33.4 Å². The van der Waals surface area contributed by atoms with Crippen molar-refractivity contribution in [2.75, 3.05) is 5.32 Å². The zero-order valence-electron chi connectivity index (χ0n) is 13.2. The molecule has 0 radical (unpaired) electrons. The Hall–Kier alpha value is -2.83. The molecule has 0 saturated carbocycles. The highest BCUT2D eigenvalue weighted by Crippen LogP contribution is 2.27. The molecule has 7 heteroatoms. The van der Waals surface area contributed by atoms with Gasteiger partial charge in [-0.15, -0.1) is 0 Å². The quantitative estimate of drug-likeness (QED) is 0.854. The van der Waals surface area contributed by atoms with E-state index in [9.17, 15) is 9.59 Å². The Bertz CT molecular complexity index is 722. The van der Waals surface area contributed by atoms with Gasteiger partial charge in [0, 0.05) is 12.7 Å². The number of hydrogen-bond donors (Lipinski definition) is 2. The van der Waals surface area contributed by atoms with E-state index < -0.39 is 5.97 Å². The number of hydrogen-bond acceptors (Lipinski definition) is 4. The fourth-order valence-corrected chi connectivity index (χ4v) is 1.97. The molecule has 0 aliphatic rings. The molecule has 122 valence electrons. The van der Waals surface area contributed by atoms with Gasteiger partial charge in [-0.3, -0.25) is 9.48 Å². The zero-order chi connectivity index (χ0) is 17.0. The van der Waals surface area contributed by atoms with Crippen LogP contribution in [0.3, 0.4) is 0 Å². The first-order chi connectivity index (χ1) is 10.9. The number of nitrogens with zero attached hydrogens (tertiary/aromatic N) is 2. The van der Waals surface area contributed by atoms with Crippen molar-refractivity contribution >= 4 is 17.6 Å². The van der Waals surface area contributed by atoms with Crippen molar-refractivity contribution < 1.29 is 19.4 Å². The first-order valence-corrected chi connectivity index (χ1v) is 7.28. The topological polar surface area (TPSA) is 93.5 Å². The molecule has 0 spiro atoms. The average Bonchev–Trinajstić information content (AvgIpc) is 2.97. The van der Waals surface area contributed by atoms with Crippen molar-refractivity contribution in [3.8, 4) is 5.75 Å². The highest BCUT2D eigenvalue weighted by molar-refractivity contribution is 6.05. The molecule has 0 saturated heterocycles. The third-order valence-electron chi connectivity index (χ3n) is 3.06. The summed E-state index contributed by atoms with van der Waals surface area (Å²) < 4.78 is 7.25. The molecule has 1 aromatic heterocycles. The molecule has 2 aromatic rings. The van der Waals surface area contributed by atoms with E-state index in [2.05, 4.69) is 10.4 Å². The second-order valence-corrected chi connectivity index (χ2v) is 5.22.